The molecule has 1 atom stereocenters. The fourth-order valence-corrected chi connectivity index (χ4v) is 2.34. The molecule has 1 aliphatic rings. The number of rotatable bonds is 2. The average molecular weight is 273 g/mol. The van der Waals surface area contributed by atoms with E-state index >= 15 is 0 Å². The number of likely N-dealkylation sites (tertiary alicyclic amines) is 1. The summed E-state index contributed by atoms with van der Waals surface area (Å²) in [5.41, 5.74) is 0.852. The lowest BCUT2D eigenvalue weighted by molar-refractivity contribution is -0.133. The largest absolute Gasteiger partial charge is 0.359 e. The summed E-state index contributed by atoms with van der Waals surface area (Å²) in [4.78, 5) is 13.5. The van der Waals surface area contributed by atoms with E-state index in [4.69, 9.17) is 4.52 Å². The lowest BCUT2D eigenvalue weighted by Gasteiger charge is -2.28. The van der Waals surface area contributed by atoms with Crippen molar-refractivity contribution in [2.24, 2.45) is 0 Å². The lowest BCUT2D eigenvalue weighted by Crippen LogP contribution is -2.40. The summed E-state index contributed by atoms with van der Waals surface area (Å²) in [5, 5.41) is 3.80. The van der Waals surface area contributed by atoms with Gasteiger partial charge in [-0.05, 0) is 19.8 Å². The van der Waals surface area contributed by atoms with Crippen LogP contribution >= 0.6 is 15.9 Å². The van der Waals surface area contributed by atoms with E-state index in [1.54, 1.807) is 0 Å². The van der Waals surface area contributed by atoms with Gasteiger partial charge in [0.25, 0.3) is 0 Å². The maximum Gasteiger partial charge on any atom is 0.236 e. The topological polar surface area (TPSA) is 46.3 Å². The fourth-order valence-electron chi connectivity index (χ4n) is 1.73. The second-order valence-corrected chi connectivity index (χ2v) is 4.91. The van der Waals surface area contributed by atoms with Gasteiger partial charge in [-0.3, -0.25) is 4.79 Å². The standard InChI is InChI=1S/C10H13BrN2O2/c1-7-5-8(15-12-7)6-13-4-2-3-9(11)10(13)14/h5,9H,2-4,6H2,1H3. The molecule has 0 aliphatic carbocycles. The van der Waals surface area contributed by atoms with E-state index < -0.39 is 0 Å². The number of hydrogen-bond donors (Lipinski definition) is 0. The molecule has 82 valence electrons. The minimum atomic E-state index is -0.0322. The predicted molar refractivity (Wildman–Crippen MR) is 58.6 cm³/mol. The Balaban J connectivity index is 2.02. The van der Waals surface area contributed by atoms with Crippen molar-refractivity contribution >= 4 is 21.8 Å². The second kappa shape index (κ2) is 4.35. The zero-order valence-corrected chi connectivity index (χ0v) is 10.2. The van der Waals surface area contributed by atoms with Gasteiger partial charge < -0.3 is 9.42 Å². The van der Waals surface area contributed by atoms with Gasteiger partial charge in [0.2, 0.25) is 5.91 Å². The molecule has 15 heavy (non-hydrogen) atoms. The number of nitrogens with zero attached hydrogens (tertiary/aromatic N) is 2. The minimum absolute atomic E-state index is 0.0322. The van der Waals surface area contributed by atoms with Crippen molar-refractivity contribution in [3.63, 3.8) is 0 Å². The number of alkyl halides is 1. The van der Waals surface area contributed by atoms with E-state index in [1.165, 1.54) is 0 Å². The van der Waals surface area contributed by atoms with Gasteiger partial charge in [-0.2, -0.15) is 0 Å². The van der Waals surface area contributed by atoms with Crippen molar-refractivity contribution in [2.45, 2.75) is 31.1 Å². The van der Waals surface area contributed by atoms with Crippen LogP contribution in [0.25, 0.3) is 0 Å². The smallest absolute Gasteiger partial charge is 0.236 e. The molecule has 1 aliphatic heterocycles. The van der Waals surface area contributed by atoms with E-state index in [2.05, 4.69) is 21.1 Å². The predicted octanol–water partition coefficient (Wildman–Crippen LogP) is 1.87. The number of piperidine rings is 1. The van der Waals surface area contributed by atoms with E-state index in [9.17, 15) is 4.79 Å². The summed E-state index contributed by atoms with van der Waals surface area (Å²) in [6, 6.07) is 1.87. The quantitative estimate of drug-likeness (QED) is 0.773. The van der Waals surface area contributed by atoms with Crippen molar-refractivity contribution in [1.82, 2.24) is 10.1 Å². The molecule has 0 bridgehead atoms. The van der Waals surface area contributed by atoms with E-state index in [1.807, 2.05) is 17.9 Å². The molecule has 1 unspecified atom stereocenters. The molecule has 1 aromatic heterocycles. The van der Waals surface area contributed by atoms with Gasteiger partial charge in [-0.1, -0.05) is 21.1 Å². The van der Waals surface area contributed by atoms with Gasteiger partial charge in [0.05, 0.1) is 17.1 Å². The zero-order valence-electron chi connectivity index (χ0n) is 8.57. The molecule has 1 fully saturated rings. The molecular weight excluding hydrogens is 260 g/mol. The third kappa shape index (κ3) is 2.40. The highest BCUT2D eigenvalue weighted by Crippen LogP contribution is 2.20. The van der Waals surface area contributed by atoms with Crippen LogP contribution in [-0.4, -0.2) is 27.3 Å². The number of halogens is 1. The summed E-state index contributed by atoms with van der Waals surface area (Å²) in [7, 11) is 0. The summed E-state index contributed by atoms with van der Waals surface area (Å²) in [5.74, 6) is 0.901. The minimum Gasteiger partial charge on any atom is -0.359 e. The monoisotopic (exact) mass is 272 g/mol. The first kappa shape index (κ1) is 10.7. The van der Waals surface area contributed by atoms with Gasteiger partial charge in [-0.15, -0.1) is 0 Å². The van der Waals surface area contributed by atoms with Crippen LogP contribution < -0.4 is 0 Å². The van der Waals surface area contributed by atoms with Crippen LogP contribution in [0.15, 0.2) is 10.6 Å². The van der Waals surface area contributed by atoms with E-state index in [0.29, 0.717) is 6.54 Å². The number of hydrogen-bond acceptors (Lipinski definition) is 3. The molecule has 0 aromatic carbocycles. The van der Waals surface area contributed by atoms with Gasteiger partial charge in [0.15, 0.2) is 5.76 Å². The molecule has 4 nitrogen and oxygen atoms in total. The van der Waals surface area contributed by atoms with Gasteiger partial charge in [-0.25, -0.2) is 0 Å². The first-order chi connectivity index (χ1) is 7.16. The molecule has 2 rings (SSSR count). The number of aromatic nitrogens is 1. The van der Waals surface area contributed by atoms with Crippen molar-refractivity contribution in [2.75, 3.05) is 6.54 Å². The molecule has 1 amide bonds. The Kier molecular flexibility index (Phi) is 3.09. The highest BCUT2D eigenvalue weighted by atomic mass is 79.9. The summed E-state index contributed by atoms with van der Waals surface area (Å²) in [6.45, 7) is 3.21. The van der Waals surface area contributed by atoms with Crippen molar-refractivity contribution in [3.8, 4) is 0 Å². The Morgan fingerprint density at radius 1 is 1.73 bits per heavy atom. The highest BCUT2D eigenvalue weighted by Gasteiger charge is 2.27. The maximum absolute atomic E-state index is 11.8. The lowest BCUT2D eigenvalue weighted by atomic mass is 10.1. The Morgan fingerprint density at radius 2 is 2.53 bits per heavy atom. The number of carbonyl (C=O) groups is 1. The maximum atomic E-state index is 11.8. The normalized spacial score (nSPS) is 22.1. The molecule has 1 saturated heterocycles. The van der Waals surface area contributed by atoms with Crippen LogP contribution in [0.1, 0.15) is 24.3 Å². The van der Waals surface area contributed by atoms with Crippen LogP contribution in [-0.2, 0) is 11.3 Å². The number of aryl methyl sites for hydroxylation is 1. The summed E-state index contributed by atoms with van der Waals surface area (Å²) in [6.07, 6.45) is 1.96. The number of amides is 1. The average Bonchev–Trinajstić information content (AvgIpc) is 2.59. The third-order valence-corrected chi connectivity index (χ3v) is 3.34. The Labute approximate surface area is 96.7 Å². The zero-order chi connectivity index (χ0) is 10.8. The molecule has 0 spiro atoms. The van der Waals surface area contributed by atoms with E-state index in [-0.39, 0.29) is 10.7 Å². The van der Waals surface area contributed by atoms with Crippen LogP contribution in [0.3, 0.4) is 0 Å². The molecule has 0 saturated carbocycles. The molecular formula is C10H13BrN2O2. The van der Waals surface area contributed by atoms with Crippen molar-refractivity contribution < 1.29 is 9.32 Å². The Morgan fingerprint density at radius 3 is 3.20 bits per heavy atom. The fraction of sp³-hybridized carbons (Fsp3) is 0.600. The van der Waals surface area contributed by atoms with Gasteiger partial charge in [0.1, 0.15) is 0 Å². The molecule has 2 heterocycles. The summed E-state index contributed by atoms with van der Waals surface area (Å²) < 4.78 is 5.09. The van der Waals surface area contributed by atoms with Crippen LogP contribution in [0, 0.1) is 6.92 Å². The number of carbonyl (C=O) groups excluding carboxylic acids is 1. The Bertz CT molecular complexity index is 364. The first-order valence-electron chi connectivity index (χ1n) is 5.02. The van der Waals surface area contributed by atoms with Crippen LogP contribution in [0.4, 0.5) is 0 Å². The van der Waals surface area contributed by atoms with Crippen molar-refractivity contribution in [1.29, 1.82) is 0 Å². The van der Waals surface area contributed by atoms with Gasteiger partial charge in [0, 0.05) is 12.6 Å². The molecule has 1 aromatic rings. The molecule has 0 N–H and O–H groups in total. The second-order valence-electron chi connectivity index (χ2n) is 3.80. The van der Waals surface area contributed by atoms with Crippen molar-refractivity contribution in [3.05, 3.63) is 17.5 Å². The Hall–Kier alpha value is -0.840. The van der Waals surface area contributed by atoms with Crippen LogP contribution in [0.5, 0.6) is 0 Å². The van der Waals surface area contributed by atoms with Gasteiger partial charge >= 0.3 is 0 Å². The summed E-state index contributed by atoms with van der Waals surface area (Å²) >= 11 is 3.38. The molecule has 5 heteroatoms. The SMILES string of the molecule is Cc1cc(CN2CCCC(Br)C2=O)on1. The van der Waals surface area contributed by atoms with Crippen LogP contribution in [0.2, 0.25) is 0 Å². The molecule has 0 radical (unpaired) electrons. The highest BCUT2D eigenvalue weighted by molar-refractivity contribution is 9.10. The first-order valence-corrected chi connectivity index (χ1v) is 5.93. The third-order valence-electron chi connectivity index (χ3n) is 2.49. The van der Waals surface area contributed by atoms with E-state index in [0.717, 1.165) is 30.8 Å².